The summed E-state index contributed by atoms with van der Waals surface area (Å²) in [6, 6.07) is 11.1. The van der Waals surface area contributed by atoms with Crippen LogP contribution in [0.3, 0.4) is 0 Å². The van der Waals surface area contributed by atoms with Crippen molar-refractivity contribution in [3.05, 3.63) is 62.8 Å². The highest BCUT2D eigenvalue weighted by molar-refractivity contribution is 9.10. The molecule has 2 aromatic rings. The van der Waals surface area contributed by atoms with Gasteiger partial charge in [-0.15, -0.1) is 0 Å². The van der Waals surface area contributed by atoms with Crippen molar-refractivity contribution in [2.75, 3.05) is 6.54 Å². The lowest BCUT2D eigenvalue weighted by Gasteiger charge is -2.35. The Morgan fingerprint density at radius 1 is 1.33 bits per heavy atom. The van der Waals surface area contributed by atoms with E-state index in [9.17, 15) is 9.50 Å². The zero-order valence-corrected chi connectivity index (χ0v) is 15.1. The smallest absolute Gasteiger partial charge is 0.153 e. The fraction of sp³-hybridized carbons (Fsp3) is 0.333. The zero-order chi connectivity index (χ0) is 16.9. The van der Waals surface area contributed by atoms with Gasteiger partial charge in [0.2, 0.25) is 0 Å². The Kier molecular flexibility index (Phi) is 4.07. The lowest BCUT2D eigenvalue weighted by Crippen LogP contribution is -2.48. The number of fused-ring (bicyclic) bond motifs is 1. The first-order valence-electron chi connectivity index (χ1n) is 7.83. The van der Waals surface area contributed by atoms with Crippen LogP contribution >= 0.6 is 27.5 Å². The monoisotopic (exact) mass is 411 g/mol. The SMILES string of the molecule is O[C@@H]1CN[C@H](C2(c3ccccc3)Cc3c(cc(F)c(Cl)c3Br)O2)C1. The molecule has 126 valence electrons. The Balaban J connectivity index is 1.83. The molecule has 0 bridgehead atoms. The summed E-state index contributed by atoms with van der Waals surface area (Å²) in [5, 5.41) is 13.4. The Labute approximate surface area is 152 Å². The Bertz CT molecular complexity index is 788. The molecule has 0 spiro atoms. The average molecular weight is 413 g/mol. The number of aliphatic hydroxyl groups is 1. The highest BCUT2D eigenvalue weighted by Gasteiger charge is 2.50. The van der Waals surface area contributed by atoms with Crippen LogP contribution in [0.15, 0.2) is 40.9 Å². The Morgan fingerprint density at radius 3 is 2.75 bits per heavy atom. The molecule has 0 aromatic heterocycles. The zero-order valence-electron chi connectivity index (χ0n) is 12.7. The van der Waals surface area contributed by atoms with Gasteiger partial charge in [0.15, 0.2) is 5.60 Å². The molecule has 2 heterocycles. The van der Waals surface area contributed by atoms with E-state index in [4.69, 9.17) is 16.3 Å². The van der Waals surface area contributed by atoms with Crippen molar-refractivity contribution < 1.29 is 14.2 Å². The second kappa shape index (κ2) is 5.99. The van der Waals surface area contributed by atoms with Gasteiger partial charge in [-0.2, -0.15) is 0 Å². The molecule has 2 N–H and O–H groups in total. The normalized spacial score (nSPS) is 28.7. The number of aliphatic hydroxyl groups excluding tert-OH is 1. The minimum atomic E-state index is -0.694. The van der Waals surface area contributed by atoms with Gasteiger partial charge in [0.1, 0.15) is 11.6 Å². The number of nitrogens with one attached hydrogen (secondary N) is 1. The highest BCUT2D eigenvalue weighted by Crippen LogP contribution is 2.49. The molecule has 2 aliphatic rings. The van der Waals surface area contributed by atoms with Crippen molar-refractivity contribution in [1.29, 1.82) is 0 Å². The first kappa shape index (κ1) is 16.3. The van der Waals surface area contributed by atoms with Gasteiger partial charge in [-0.1, -0.05) is 41.9 Å². The van der Waals surface area contributed by atoms with Gasteiger partial charge in [-0.25, -0.2) is 4.39 Å². The van der Waals surface area contributed by atoms with Crippen LogP contribution in [0, 0.1) is 5.82 Å². The van der Waals surface area contributed by atoms with Crippen LogP contribution in [0.2, 0.25) is 5.02 Å². The van der Waals surface area contributed by atoms with Crippen molar-refractivity contribution in [3.8, 4) is 5.75 Å². The van der Waals surface area contributed by atoms with E-state index < -0.39 is 17.5 Å². The number of rotatable bonds is 2. The van der Waals surface area contributed by atoms with Gasteiger partial charge in [-0.3, -0.25) is 0 Å². The second-order valence-corrected chi connectivity index (χ2v) is 7.52. The van der Waals surface area contributed by atoms with Crippen LogP contribution in [0.1, 0.15) is 17.5 Å². The number of benzene rings is 2. The van der Waals surface area contributed by atoms with E-state index >= 15 is 0 Å². The fourth-order valence-corrected chi connectivity index (χ4v) is 4.40. The summed E-state index contributed by atoms with van der Waals surface area (Å²) < 4.78 is 20.9. The summed E-state index contributed by atoms with van der Waals surface area (Å²) in [5.41, 5.74) is 1.16. The first-order valence-corrected chi connectivity index (χ1v) is 9.01. The van der Waals surface area contributed by atoms with Crippen molar-refractivity contribution in [1.82, 2.24) is 5.32 Å². The molecule has 3 nitrogen and oxygen atoms in total. The predicted octanol–water partition coefficient (Wildman–Crippen LogP) is 3.79. The molecule has 0 radical (unpaired) electrons. The molecule has 2 aromatic carbocycles. The highest BCUT2D eigenvalue weighted by atomic mass is 79.9. The summed E-state index contributed by atoms with van der Waals surface area (Å²) >= 11 is 9.46. The molecule has 1 fully saturated rings. The predicted molar refractivity (Wildman–Crippen MR) is 94.0 cm³/mol. The molecule has 1 unspecified atom stereocenters. The molecule has 0 aliphatic carbocycles. The Hall–Kier alpha value is -1.14. The van der Waals surface area contributed by atoms with Crippen molar-refractivity contribution in [2.45, 2.75) is 30.6 Å². The third-order valence-electron chi connectivity index (χ3n) is 4.89. The first-order chi connectivity index (χ1) is 11.5. The molecule has 24 heavy (non-hydrogen) atoms. The molecular weight excluding hydrogens is 397 g/mol. The number of ether oxygens (including phenoxy) is 1. The van der Waals surface area contributed by atoms with Crippen LogP contribution in [0.4, 0.5) is 4.39 Å². The van der Waals surface area contributed by atoms with Gasteiger partial charge < -0.3 is 15.2 Å². The van der Waals surface area contributed by atoms with Crippen LogP contribution in [-0.4, -0.2) is 23.8 Å². The number of β-amino-alcohol motifs (C(OH)–C–C–N with tert-alkyl or cyclic N) is 1. The van der Waals surface area contributed by atoms with Crippen molar-refractivity contribution in [3.63, 3.8) is 0 Å². The number of halogens is 3. The molecule has 2 aliphatic heterocycles. The van der Waals surface area contributed by atoms with Gasteiger partial charge in [0.25, 0.3) is 0 Å². The van der Waals surface area contributed by atoms with E-state index in [1.807, 2.05) is 30.3 Å². The van der Waals surface area contributed by atoms with E-state index in [2.05, 4.69) is 21.2 Å². The van der Waals surface area contributed by atoms with Crippen molar-refractivity contribution >= 4 is 27.5 Å². The second-order valence-electron chi connectivity index (χ2n) is 6.35. The summed E-state index contributed by atoms with van der Waals surface area (Å²) in [6.07, 6.45) is 0.722. The molecule has 0 amide bonds. The fourth-order valence-electron chi connectivity index (χ4n) is 3.71. The van der Waals surface area contributed by atoms with Gasteiger partial charge in [0.05, 0.1) is 17.2 Å². The van der Waals surface area contributed by atoms with Crippen LogP contribution in [0.25, 0.3) is 0 Å². The van der Waals surface area contributed by atoms with E-state index in [1.165, 1.54) is 6.07 Å². The maximum absolute atomic E-state index is 14.0. The number of hydrogen-bond acceptors (Lipinski definition) is 3. The lowest BCUT2D eigenvalue weighted by molar-refractivity contribution is 0.0486. The third-order valence-corrected chi connectivity index (χ3v) is 6.36. The van der Waals surface area contributed by atoms with Gasteiger partial charge >= 0.3 is 0 Å². The minimum absolute atomic E-state index is 0.0700. The van der Waals surface area contributed by atoms with Crippen LogP contribution in [0.5, 0.6) is 5.75 Å². The third kappa shape index (κ3) is 2.46. The molecular formula is C18H16BrClFNO2. The minimum Gasteiger partial charge on any atom is -0.480 e. The van der Waals surface area contributed by atoms with Crippen molar-refractivity contribution in [2.24, 2.45) is 0 Å². The maximum Gasteiger partial charge on any atom is 0.153 e. The Morgan fingerprint density at radius 2 is 2.08 bits per heavy atom. The summed E-state index contributed by atoms with van der Waals surface area (Å²) in [6.45, 7) is 0.523. The topological polar surface area (TPSA) is 41.5 Å². The molecule has 6 heteroatoms. The average Bonchev–Trinajstić information content (AvgIpc) is 3.18. The van der Waals surface area contributed by atoms with E-state index in [-0.39, 0.29) is 11.1 Å². The van der Waals surface area contributed by atoms with Gasteiger partial charge in [-0.05, 0) is 27.9 Å². The van der Waals surface area contributed by atoms with E-state index in [0.29, 0.717) is 29.6 Å². The number of hydrogen-bond donors (Lipinski definition) is 2. The maximum atomic E-state index is 14.0. The molecule has 3 atom stereocenters. The molecule has 4 rings (SSSR count). The standard InChI is InChI=1S/C18H16BrClFNO2/c19-16-12-8-18(10-4-2-1-3-5-10,15-6-11(23)9-22-15)24-14(12)7-13(21)17(16)20/h1-5,7,11,15,22-23H,6,8-9H2/t11-,15-,18?/m0/s1. The summed E-state index contributed by atoms with van der Waals surface area (Å²) in [5.74, 6) is -0.0126. The van der Waals surface area contributed by atoms with Crippen LogP contribution < -0.4 is 10.1 Å². The molecule has 0 saturated carbocycles. The largest absolute Gasteiger partial charge is 0.480 e. The molecule has 1 saturated heterocycles. The quantitative estimate of drug-likeness (QED) is 0.737. The lowest BCUT2D eigenvalue weighted by atomic mass is 9.81. The summed E-state index contributed by atoms with van der Waals surface area (Å²) in [4.78, 5) is 0. The van der Waals surface area contributed by atoms with E-state index in [1.54, 1.807) is 0 Å². The van der Waals surface area contributed by atoms with Gasteiger partial charge in [0, 0.05) is 29.1 Å². The van der Waals surface area contributed by atoms with E-state index in [0.717, 1.165) is 11.1 Å². The van der Waals surface area contributed by atoms with Crippen LogP contribution in [-0.2, 0) is 12.0 Å². The summed E-state index contributed by atoms with van der Waals surface area (Å²) in [7, 11) is 0.